The van der Waals surface area contributed by atoms with Gasteiger partial charge < -0.3 is 20.6 Å². The summed E-state index contributed by atoms with van der Waals surface area (Å²) >= 11 is 0. The first-order valence-corrected chi connectivity index (χ1v) is 5.50. The standard InChI is InChI=1S/C12H15N3O4/c1-8(16)13-9-4-3-5-10(6-9)14-12(19)15(2)7-11(17)18/h3-6H,7H2,1-2H3,(H,13,16)(H,14,19)(H,17,18). The molecule has 0 atom stereocenters. The SMILES string of the molecule is CC(=O)Nc1cccc(NC(=O)N(C)CC(=O)O)c1. The summed E-state index contributed by atoms with van der Waals surface area (Å²) in [6.45, 7) is 0.989. The highest BCUT2D eigenvalue weighted by molar-refractivity contribution is 5.93. The number of nitrogens with one attached hydrogen (secondary N) is 2. The monoisotopic (exact) mass is 265 g/mol. The first kappa shape index (κ1) is 14.5. The minimum Gasteiger partial charge on any atom is -0.480 e. The van der Waals surface area contributed by atoms with Crippen LogP contribution in [0.5, 0.6) is 0 Å². The molecule has 0 unspecified atom stereocenters. The van der Waals surface area contributed by atoms with Crippen molar-refractivity contribution in [2.24, 2.45) is 0 Å². The van der Waals surface area contributed by atoms with E-state index in [-0.39, 0.29) is 5.91 Å². The maximum Gasteiger partial charge on any atom is 0.323 e. The summed E-state index contributed by atoms with van der Waals surface area (Å²) < 4.78 is 0. The van der Waals surface area contributed by atoms with Crippen LogP contribution < -0.4 is 10.6 Å². The molecule has 102 valence electrons. The molecule has 0 aliphatic rings. The normalized spacial score (nSPS) is 9.58. The number of hydrogen-bond acceptors (Lipinski definition) is 3. The number of likely N-dealkylation sites (N-methyl/N-ethyl adjacent to an activating group) is 1. The maximum absolute atomic E-state index is 11.6. The molecule has 0 saturated heterocycles. The van der Waals surface area contributed by atoms with Crippen molar-refractivity contribution in [1.82, 2.24) is 4.90 Å². The zero-order valence-corrected chi connectivity index (χ0v) is 10.6. The van der Waals surface area contributed by atoms with E-state index >= 15 is 0 Å². The number of carboxylic acids is 1. The lowest BCUT2D eigenvalue weighted by Crippen LogP contribution is -2.35. The smallest absolute Gasteiger partial charge is 0.323 e. The van der Waals surface area contributed by atoms with Gasteiger partial charge in [0.05, 0.1) is 0 Å². The molecule has 7 nitrogen and oxygen atoms in total. The van der Waals surface area contributed by atoms with E-state index in [1.54, 1.807) is 24.3 Å². The molecule has 0 aliphatic heterocycles. The number of aliphatic carboxylic acids is 1. The van der Waals surface area contributed by atoms with Crippen LogP contribution in [0.3, 0.4) is 0 Å². The Hall–Kier alpha value is -2.57. The second-order valence-corrected chi connectivity index (χ2v) is 3.94. The Morgan fingerprint density at radius 3 is 2.32 bits per heavy atom. The second kappa shape index (κ2) is 6.39. The van der Waals surface area contributed by atoms with E-state index in [1.165, 1.54) is 14.0 Å². The lowest BCUT2D eigenvalue weighted by atomic mass is 10.2. The van der Waals surface area contributed by atoms with Gasteiger partial charge in [-0.2, -0.15) is 0 Å². The first-order chi connectivity index (χ1) is 8.88. The number of benzene rings is 1. The van der Waals surface area contributed by atoms with E-state index in [1.807, 2.05) is 0 Å². The molecule has 7 heteroatoms. The Morgan fingerprint density at radius 1 is 1.21 bits per heavy atom. The molecule has 1 rings (SSSR count). The predicted octanol–water partition coefficient (Wildman–Crippen LogP) is 1.19. The Bertz CT molecular complexity index is 502. The second-order valence-electron chi connectivity index (χ2n) is 3.94. The van der Waals surface area contributed by atoms with E-state index in [0.717, 1.165) is 4.90 Å². The van der Waals surface area contributed by atoms with E-state index in [4.69, 9.17) is 5.11 Å². The van der Waals surface area contributed by atoms with Gasteiger partial charge in [0.1, 0.15) is 6.54 Å². The fourth-order valence-electron chi connectivity index (χ4n) is 1.37. The molecule has 0 aliphatic carbocycles. The van der Waals surface area contributed by atoms with Crippen molar-refractivity contribution >= 4 is 29.3 Å². The lowest BCUT2D eigenvalue weighted by molar-refractivity contribution is -0.137. The molecule has 0 aromatic heterocycles. The molecule has 0 radical (unpaired) electrons. The van der Waals surface area contributed by atoms with Crippen LogP contribution in [0.15, 0.2) is 24.3 Å². The van der Waals surface area contributed by atoms with Crippen LogP contribution in [0.1, 0.15) is 6.92 Å². The molecule has 1 aromatic rings. The molecule has 19 heavy (non-hydrogen) atoms. The minimum atomic E-state index is -1.09. The summed E-state index contributed by atoms with van der Waals surface area (Å²) in [5.74, 6) is -1.31. The van der Waals surface area contributed by atoms with Gasteiger partial charge >= 0.3 is 12.0 Å². The third-order valence-electron chi connectivity index (χ3n) is 2.15. The van der Waals surface area contributed by atoms with Gasteiger partial charge in [-0.1, -0.05) is 6.07 Å². The molecule has 0 spiro atoms. The van der Waals surface area contributed by atoms with Gasteiger partial charge in [0.25, 0.3) is 0 Å². The van der Waals surface area contributed by atoms with Crippen molar-refractivity contribution in [1.29, 1.82) is 0 Å². The van der Waals surface area contributed by atoms with Gasteiger partial charge in [0, 0.05) is 25.3 Å². The molecule has 0 heterocycles. The third kappa shape index (κ3) is 5.07. The number of anilines is 2. The quantitative estimate of drug-likeness (QED) is 0.761. The highest BCUT2D eigenvalue weighted by atomic mass is 16.4. The number of carbonyl (C=O) groups excluding carboxylic acids is 2. The highest BCUT2D eigenvalue weighted by Crippen LogP contribution is 2.15. The number of urea groups is 1. The fraction of sp³-hybridized carbons (Fsp3) is 0.250. The summed E-state index contributed by atoms with van der Waals surface area (Å²) in [6, 6.07) is 6.02. The number of amides is 3. The summed E-state index contributed by atoms with van der Waals surface area (Å²) in [5, 5.41) is 13.7. The average Bonchev–Trinajstić information content (AvgIpc) is 2.27. The Labute approximate surface area is 110 Å². The molecular weight excluding hydrogens is 250 g/mol. The fourth-order valence-corrected chi connectivity index (χ4v) is 1.37. The maximum atomic E-state index is 11.6. The van der Waals surface area contributed by atoms with E-state index < -0.39 is 18.5 Å². The molecular formula is C12H15N3O4. The largest absolute Gasteiger partial charge is 0.480 e. The van der Waals surface area contributed by atoms with E-state index in [2.05, 4.69) is 10.6 Å². The number of nitrogens with zero attached hydrogens (tertiary/aromatic N) is 1. The van der Waals surface area contributed by atoms with Gasteiger partial charge in [0.15, 0.2) is 0 Å². The minimum absolute atomic E-state index is 0.216. The van der Waals surface area contributed by atoms with Crippen molar-refractivity contribution in [2.75, 3.05) is 24.2 Å². The number of carboxylic acid groups (broad SMARTS) is 1. The van der Waals surface area contributed by atoms with Crippen LogP contribution in [-0.2, 0) is 9.59 Å². The number of carbonyl (C=O) groups is 3. The zero-order chi connectivity index (χ0) is 14.4. The van der Waals surface area contributed by atoms with Crippen LogP contribution in [0, 0.1) is 0 Å². The van der Waals surface area contributed by atoms with Crippen molar-refractivity contribution in [2.45, 2.75) is 6.92 Å². The number of rotatable bonds is 4. The molecule has 1 aromatic carbocycles. The molecule has 3 N–H and O–H groups in total. The zero-order valence-electron chi connectivity index (χ0n) is 10.6. The number of hydrogen-bond donors (Lipinski definition) is 3. The van der Waals surface area contributed by atoms with Crippen molar-refractivity contribution in [3.8, 4) is 0 Å². The van der Waals surface area contributed by atoms with E-state index in [0.29, 0.717) is 11.4 Å². The molecule has 3 amide bonds. The van der Waals surface area contributed by atoms with Crippen LogP contribution in [0.2, 0.25) is 0 Å². The van der Waals surface area contributed by atoms with Crippen molar-refractivity contribution in [3.05, 3.63) is 24.3 Å². The molecule has 0 saturated carbocycles. The van der Waals surface area contributed by atoms with Crippen molar-refractivity contribution < 1.29 is 19.5 Å². The highest BCUT2D eigenvalue weighted by Gasteiger charge is 2.12. The van der Waals surface area contributed by atoms with Crippen molar-refractivity contribution in [3.63, 3.8) is 0 Å². The third-order valence-corrected chi connectivity index (χ3v) is 2.15. The van der Waals surface area contributed by atoms with Crippen LogP contribution in [-0.4, -0.2) is 41.5 Å². The van der Waals surface area contributed by atoms with E-state index in [9.17, 15) is 14.4 Å². The average molecular weight is 265 g/mol. The van der Waals surface area contributed by atoms with Gasteiger partial charge in [0.2, 0.25) is 5.91 Å². The topological polar surface area (TPSA) is 98.7 Å². The summed E-state index contributed by atoms with van der Waals surface area (Å²) in [4.78, 5) is 34.1. The first-order valence-electron chi connectivity index (χ1n) is 5.50. The predicted molar refractivity (Wildman–Crippen MR) is 70.0 cm³/mol. The van der Waals surface area contributed by atoms with Crippen LogP contribution in [0.4, 0.5) is 16.2 Å². The Balaban J connectivity index is 2.68. The molecule has 0 fully saturated rings. The Kier molecular flexibility index (Phi) is 4.87. The molecule has 0 bridgehead atoms. The van der Waals surface area contributed by atoms with Crippen LogP contribution in [0.25, 0.3) is 0 Å². The van der Waals surface area contributed by atoms with Gasteiger partial charge in [-0.25, -0.2) is 4.79 Å². The lowest BCUT2D eigenvalue weighted by Gasteiger charge is -2.16. The summed E-state index contributed by atoms with van der Waals surface area (Å²) in [5.41, 5.74) is 1.01. The van der Waals surface area contributed by atoms with Gasteiger partial charge in [-0.15, -0.1) is 0 Å². The van der Waals surface area contributed by atoms with Gasteiger partial charge in [-0.05, 0) is 18.2 Å². The Morgan fingerprint density at radius 2 is 1.79 bits per heavy atom. The summed E-state index contributed by atoms with van der Waals surface area (Å²) in [6.07, 6.45) is 0. The summed E-state index contributed by atoms with van der Waals surface area (Å²) in [7, 11) is 1.38. The van der Waals surface area contributed by atoms with Gasteiger partial charge in [-0.3, -0.25) is 9.59 Å². The van der Waals surface area contributed by atoms with Crippen LogP contribution >= 0.6 is 0 Å².